The van der Waals surface area contributed by atoms with Crippen LogP contribution in [-0.2, 0) is 32.6 Å². The van der Waals surface area contributed by atoms with Crippen molar-refractivity contribution in [3.05, 3.63) is 98.0 Å². The van der Waals surface area contributed by atoms with Crippen LogP contribution < -0.4 is 9.62 Å². The number of sulfonamides is 1. The minimum atomic E-state index is -3.79. The third kappa shape index (κ3) is 8.81. The number of carbonyl (C=O) groups excluding carboxylic acids is 2. The lowest BCUT2D eigenvalue weighted by atomic mass is 10.0. The lowest BCUT2D eigenvalue weighted by Crippen LogP contribution is -2.54. The topological polar surface area (TPSA) is 86.8 Å². The fraction of sp³-hybridized carbons (Fsp3) is 0.286. The zero-order valence-corrected chi connectivity index (χ0v) is 26.0. The second kappa shape index (κ2) is 13.6. The van der Waals surface area contributed by atoms with E-state index < -0.39 is 28.5 Å². The fourth-order valence-corrected chi connectivity index (χ4v) is 5.64. The highest BCUT2D eigenvalue weighted by atomic mass is 127. The molecule has 0 aromatic heterocycles. The summed E-state index contributed by atoms with van der Waals surface area (Å²) in [5, 5.41) is 2.94. The quantitative estimate of drug-likeness (QED) is 0.285. The first-order chi connectivity index (χ1) is 17.9. The van der Waals surface area contributed by atoms with Gasteiger partial charge in [-0.05, 0) is 84.0 Å². The van der Waals surface area contributed by atoms with Gasteiger partial charge >= 0.3 is 0 Å². The molecule has 3 aromatic rings. The van der Waals surface area contributed by atoms with Crippen LogP contribution in [0.25, 0.3) is 0 Å². The molecule has 38 heavy (non-hydrogen) atoms. The molecule has 0 unspecified atom stereocenters. The van der Waals surface area contributed by atoms with Gasteiger partial charge in [0.05, 0.1) is 11.9 Å². The van der Waals surface area contributed by atoms with Crippen LogP contribution in [0.15, 0.2) is 83.3 Å². The van der Waals surface area contributed by atoms with Crippen molar-refractivity contribution >= 4 is 66.0 Å². The summed E-state index contributed by atoms with van der Waals surface area (Å²) in [6.45, 7) is 3.42. The molecule has 0 aliphatic carbocycles. The van der Waals surface area contributed by atoms with Crippen LogP contribution >= 0.6 is 38.5 Å². The summed E-state index contributed by atoms with van der Waals surface area (Å²) in [5.41, 5.74) is 2.08. The van der Waals surface area contributed by atoms with Gasteiger partial charge in [0.25, 0.3) is 0 Å². The Bertz CT molecular complexity index is 1350. The van der Waals surface area contributed by atoms with Crippen LogP contribution in [0.2, 0.25) is 0 Å². The predicted molar refractivity (Wildman–Crippen MR) is 163 cm³/mol. The average molecular weight is 712 g/mol. The molecule has 7 nitrogen and oxygen atoms in total. The number of benzene rings is 3. The smallest absolute Gasteiger partial charge is 0.244 e. The van der Waals surface area contributed by atoms with Gasteiger partial charge in [-0.1, -0.05) is 58.4 Å². The first-order valence-electron chi connectivity index (χ1n) is 12.1. The Hall–Kier alpha value is -2.44. The van der Waals surface area contributed by atoms with Crippen LogP contribution in [0, 0.1) is 3.57 Å². The normalized spacial score (nSPS) is 12.2. The van der Waals surface area contributed by atoms with Gasteiger partial charge in [-0.25, -0.2) is 8.42 Å². The third-order valence-corrected chi connectivity index (χ3v) is 8.09. The van der Waals surface area contributed by atoms with Crippen molar-refractivity contribution in [2.24, 2.45) is 0 Å². The molecule has 202 valence electrons. The van der Waals surface area contributed by atoms with Crippen LogP contribution in [0.3, 0.4) is 0 Å². The van der Waals surface area contributed by atoms with Gasteiger partial charge < -0.3 is 10.2 Å². The maximum atomic E-state index is 14.0. The standard InChI is InChI=1S/C28H31BrIN3O4S/c1-20(2)31-28(35)26(17-21-8-5-4-6-9-21)32(18-22-10-7-11-23(29)16-22)27(34)19-33(38(3,36)37)25-14-12-24(30)13-15-25/h4-16,20,26H,17-19H2,1-3H3,(H,31,35)/t26-/m1/s1. The highest BCUT2D eigenvalue weighted by molar-refractivity contribution is 14.1. The zero-order valence-electron chi connectivity index (χ0n) is 21.5. The van der Waals surface area contributed by atoms with Crippen molar-refractivity contribution in [2.75, 3.05) is 17.1 Å². The summed E-state index contributed by atoms with van der Waals surface area (Å²) in [6, 6.07) is 22.9. The molecule has 0 fully saturated rings. The number of halogens is 2. The first kappa shape index (κ1) is 30.1. The molecule has 0 aliphatic rings. The molecule has 1 atom stereocenters. The highest BCUT2D eigenvalue weighted by Crippen LogP contribution is 2.22. The Morgan fingerprint density at radius 2 is 1.58 bits per heavy atom. The minimum absolute atomic E-state index is 0.131. The number of carbonyl (C=O) groups is 2. The molecule has 0 saturated carbocycles. The summed E-state index contributed by atoms with van der Waals surface area (Å²) >= 11 is 5.61. The van der Waals surface area contributed by atoms with Crippen molar-refractivity contribution in [1.29, 1.82) is 0 Å². The second-order valence-corrected chi connectivity index (χ2v) is 13.3. The number of amides is 2. The van der Waals surface area contributed by atoms with Crippen LogP contribution in [0.4, 0.5) is 5.69 Å². The van der Waals surface area contributed by atoms with E-state index in [4.69, 9.17) is 0 Å². The third-order valence-electron chi connectivity index (χ3n) is 5.74. The number of anilines is 1. The van der Waals surface area contributed by atoms with Gasteiger partial charge in [0.1, 0.15) is 12.6 Å². The molecular formula is C28H31BrIN3O4S. The fourth-order valence-electron chi connectivity index (χ4n) is 3.99. The Balaban J connectivity index is 2.05. The van der Waals surface area contributed by atoms with E-state index in [-0.39, 0.29) is 24.9 Å². The van der Waals surface area contributed by atoms with Gasteiger partial charge in [-0.15, -0.1) is 0 Å². The van der Waals surface area contributed by atoms with E-state index in [2.05, 4.69) is 43.8 Å². The Kier molecular flexibility index (Phi) is 10.8. The lowest BCUT2D eigenvalue weighted by Gasteiger charge is -2.34. The van der Waals surface area contributed by atoms with Gasteiger partial charge in [-0.2, -0.15) is 0 Å². The van der Waals surface area contributed by atoms with Gasteiger partial charge in [0.15, 0.2) is 0 Å². The van der Waals surface area contributed by atoms with Crippen molar-refractivity contribution in [2.45, 2.75) is 38.9 Å². The first-order valence-corrected chi connectivity index (χ1v) is 15.8. The highest BCUT2D eigenvalue weighted by Gasteiger charge is 2.33. The van der Waals surface area contributed by atoms with E-state index in [1.807, 2.05) is 68.4 Å². The molecule has 2 amide bonds. The Morgan fingerprint density at radius 3 is 2.16 bits per heavy atom. The largest absolute Gasteiger partial charge is 0.352 e. The number of hydrogen-bond donors (Lipinski definition) is 1. The van der Waals surface area contributed by atoms with Crippen molar-refractivity contribution in [3.8, 4) is 0 Å². The molecule has 0 radical (unpaired) electrons. The summed E-state index contributed by atoms with van der Waals surface area (Å²) in [7, 11) is -3.79. The molecule has 3 aromatic carbocycles. The van der Waals surface area contributed by atoms with E-state index in [1.165, 1.54) is 4.90 Å². The number of nitrogens with zero attached hydrogens (tertiary/aromatic N) is 2. The molecule has 0 spiro atoms. The molecule has 1 N–H and O–H groups in total. The van der Waals surface area contributed by atoms with Gasteiger partial charge in [0, 0.05) is 27.1 Å². The van der Waals surface area contributed by atoms with E-state index in [0.29, 0.717) is 5.69 Å². The molecule has 0 saturated heterocycles. The Labute approximate surface area is 246 Å². The molecule has 0 bridgehead atoms. The second-order valence-electron chi connectivity index (χ2n) is 9.27. The maximum Gasteiger partial charge on any atom is 0.244 e. The van der Waals surface area contributed by atoms with E-state index >= 15 is 0 Å². The maximum absolute atomic E-state index is 14.0. The summed E-state index contributed by atoms with van der Waals surface area (Å²) in [6.07, 6.45) is 1.35. The predicted octanol–water partition coefficient (Wildman–Crippen LogP) is 4.98. The Morgan fingerprint density at radius 1 is 0.947 bits per heavy atom. The molecular weight excluding hydrogens is 681 g/mol. The number of rotatable bonds is 11. The molecule has 10 heteroatoms. The van der Waals surface area contributed by atoms with Crippen LogP contribution in [0.1, 0.15) is 25.0 Å². The summed E-state index contributed by atoms with van der Waals surface area (Å²) in [5.74, 6) is -0.777. The van der Waals surface area contributed by atoms with Crippen molar-refractivity contribution in [1.82, 2.24) is 10.2 Å². The molecule has 0 heterocycles. The monoisotopic (exact) mass is 711 g/mol. The van der Waals surface area contributed by atoms with Crippen LogP contribution in [-0.4, -0.2) is 50.0 Å². The van der Waals surface area contributed by atoms with Crippen molar-refractivity contribution < 1.29 is 18.0 Å². The average Bonchev–Trinajstić information content (AvgIpc) is 2.85. The number of nitrogens with one attached hydrogen (secondary N) is 1. The summed E-state index contributed by atoms with van der Waals surface area (Å²) in [4.78, 5) is 29.0. The van der Waals surface area contributed by atoms with Gasteiger partial charge in [-0.3, -0.25) is 13.9 Å². The number of hydrogen-bond acceptors (Lipinski definition) is 4. The van der Waals surface area contributed by atoms with E-state index in [0.717, 1.165) is 29.7 Å². The van der Waals surface area contributed by atoms with Crippen molar-refractivity contribution in [3.63, 3.8) is 0 Å². The summed E-state index contributed by atoms with van der Waals surface area (Å²) < 4.78 is 28.4. The molecule has 3 rings (SSSR count). The lowest BCUT2D eigenvalue weighted by molar-refractivity contribution is -0.140. The van der Waals surface area contributed by atoms with Crippen LogP contribution in [0.5, 0.6) is 0 Å². The zero-order chi connectivity index (χ0) is 27.9. The molecule has 0 aliphatic heterocycles. The van der Waals surface area contributed by atoms with Gasteiger partial charge in [0.2, 0.25) is 21.8 Å². The van der Waals surface area contributed by atoms with E-state index in [9.17, 15) is 18.0 Å². The minimum Gasteiger partial charge on any atom is -0.352 e. The van der Waals surface area contributed by atoms with E-state index in [1.54, 1.807) is 24.3 Å². The SMILES string of the molecule is CC(C)NC(=O)[C@@H](Cc1ccccc1)N(Cc1cccc(Br)c1)C(=O)CN(c1ccc(I)cc1)S(C)(=O)=O.